The molecule has 5 nitrogen and oxygen atoms in total. The van der Waals surface area contributed by atoms with Crippen LogP contribution in [0.5, 0.6) is 0 Å². The Morgan fingerprint density at radius 3 is 2.96 bits per heavy atom. The molecule has 1 fully saturated rings. The van der Waals surface area contributed by atoms with Crippen LogP contribution in [-0.2, 0) is 17.6 Å². The van der Waals surface area contributed by atoms with E-state index in [2.05, 4.69) is 20.7 Å². The van der Waals surface area contributed by atoms with Crippen molar-refractivity contribution in [2.45, 2.75) is 32.1 Å². The van der Waals surface area contributed by atoms with Crippen molar-refractivity contribution in [1.82, 2.24) is 14.9 Å². The van der Waals surface area contributed by atoms with Gasteiger partial charge in [-0.05, 0) is 54.0 Å². The molecule has 0 saturated carbocycles. The third-order valence-corrected chi connectivity index (χ3v) is 5.33. The highest BCUT2D eigenvalue weighted by atomic mass is 32.1. The number of hydrogen-bond donors (Lipinski definition) is 1. The number of rotatable bonds is 5. The van der Waals surface area contributed by atoms with Crippen molar-refractivity contribution in [3.05, 3.63) is 40.5 Å². The second-order valence-corrected chi connectivity index (χ2v) is 7.11. The number of aromatic nitrogens is 2. The Bertz CT molecular complexity index is 642. The summed E-state index contributed by atoms with van der Waals surface area (Å²) in [4.78, 5) is 23.3. The Morgan fingerprint density at radius 2 is 2.25 bits per heavy atom. The maximum Gasteiger partial charge on any atom is 0.227 e. The topological polar surface area (TPSA) is 58.1 Å². The average Bonchev–Trinajstić information content (AvgIpc) is 3.00. The molecule has 1 N–H and O–H groups in total. The van der Waals surface area contributed by atoms with E-state index in [0.29, 0.717) is 12.3 Å². The largest absolute Gasteiger partial charge is 0.372 e. The molecule has 128 valence electrons. The first kappa shape index (κ1) is 16.9. The van der Waals surface area contributed by atoms with E-state index in [1.807, 2.05) is 29.6 Å². The van der Waals surface area contributed by atoms with Crippen molar-refractivity contribution in [1.29, 1.82) is 0 Å². The highest BCUT2D eigenvalue weighted by Crippen LogP contribution is 2.22. The fourth-order valence-electron chi connectivity index (χ4n) is 3.18. The Hall–Kier alpha value is -1.95. The summed E-state index contributed by atoms with van der Waals surface area (Å²) in [6.45, 7) is 1.74. The fraction of sp³-hybridized carbons (Fsp3) is 0.500. The van der Waals surface area contributed by atoms with E-state index >= 15 is 0 Å². The van der Waals surface area contributed by atoms with Crippen LogP contribution in [0.1, 0.15) is 30.5 Å². The number of nitrogens with zero attached hydrogens (tertiary/aromatic N) is 3. The molecule has 3 rings (SSSR count). The van der Waals surface area contributed by atoms with Crippen LogP contribution in [0, 0.1) is 5.92 Å². The van der Waals surface area contributed by atoms with Gasteiger partial charge in [-0.25, -0.2) is 4.98 Å². The predicted octanol–water partition coefficient (Wildman–Crippen LogP) is 2.99. The summed E-state index contributed by atoms with van der Waals surface area (Å²) in [6, 6.07) is 2.04. The summed E-state index contributed by atoms with van der Waals surface area (Å²) < 4.78 is 0. The average molecular weight is 344 g/mol. The lowest BCUT2D eigenvalue weighted by Gasteiger charge is -2.20. The zero-order chi connectivity index (χ0) is 16.8. The van der Waals surface area contributed by atoms with E-state index < -0.39 is 0 Å². The van der Waals surface area contributed by atoms with Crippen molar-refractivity contribution >= 4 is 23.1 Å². The molecule has 2 aromatic rings. The molecule has 0 radical (unpaired) electrons. The minimum atomic E-state index is 0.257. The molecule has 0 spiro atoms. The van der Waals surface area contributed by atoms with Gasteiger partial charge >= 0.3 is 0 Å². The molecule has 1 atom stereocenters. The van der Waals surface area contributed by atoms with Crippen molar-refractivity contribution in [3.8, 4) is 0 Å². The van der Waals surface area contributed by atoms with Gasteiger partial charge in [-0.1, -0.05) is 0 Å². The number of carbonyl (C=O) groups is 1. The molecular formula is C18H24N4OS. The number of likely N-dealkylation sites (tertiary alicyclic amines) is 1. The van der Waals surface area contributed by atoms with Crippen LogP contribution in [0.25, 0.3) is 0 Å². The van der Waals surface area contributed by atoms with E-state index in [1.54, 1.807) is 17.5 Å². The van der Waals surface area contributed by atoms with Gasteiger partial charge in [0.05, 0.1) is 24.5 Å². The van der Waals surface area contributed by atoms with Crippen LogP contribution >= 0.6 is 11.3 Å². The van der Waals surface area contributed by atoms with E-state index in [9.17, 15) is 4.79 Å². The SMILES string of the molecule is CNc1cnc(C[C@@H]2CCCN(C(=O)Cc3ccsc3)CC2)cn1. The minimum Gasteiger partial charge on any atom is -0.372 e. The molecule has 6 heteroatoms. The summed E-state index contributed by atoms with van der Waals surface area (Å²) in [5, 5.41) is 7.08. The molecule has 1 amide bonds. The lowest BCUT2D eigenvalue weighted by molar-refractivity contribution is -0.130. The first-order chi connectivity index (χ1) is 11.7. The Balaban J connectivity index is 1.51. The molecule has 0 unspecified atom stereocenters. The summed E-state index contributed by atoms with van der Waals surface area (Å²) in [5.41, 5.74) is 2.17. The van der Waals surface area contributed by atoms with Crippen LogP contribution in [0.4, 0.5) is 5.82 Å². The fourth-order valence-corrected chi connectivity index (χ4v) is 3.85. The van der Waals surface area contributed by atoms with Gasteiger partial charge in [0.25, 0.3) is 0 Å². The van der Waals surface area contributed by atoms with E-state index in [4.69, 9.17) is 0 Å². The van der Waals surface area contributed by atoms with Crippen LogP contribution in [0.2, 0.25) is 0 Å². The van der Waals surface area contributed by atoms with E-state index in [-0.39, 0.29) is 5.91 Å². The molecule has 1 saturated heterocycles. The third-order valence-electron chi connectivity index (χ3n) is 4.60. The van der Waals surface area contributed by atoms with Crippen LogP contribution in [0.15, 0.2) is 29.2 Å². The molecular weight excluding hydrogens is 320 g/mol. The van der Waals surface area contributed by atoms with Crippen LogP contribution in [-0.4, -0.2) is 40.9 Å². The van der Waals surface area contributed by atoms with Gasteiger partial charge in [0, 0.05) is 20.1 Å². The first-order valence-electron chi connectivity index (χ1n) is 8.52. The summed E-state index contributed by atoms with van der Waals surface area (Å²) in [5.74, 6) is 1.63. The lowest BCUT2D eigenvalue weighted by atomic mass is 9.95. The Kier molecular flexibility index (Phi) is 5.80. The van der Waals surface area contributed by atoms with E-state index in [0.717, 1.165) is 55.8 Å². The molecule has 0 aromatic carbocycles. The van der Waals surface area contributed by atoms with Gasteiger partial charge in [-0.15, -0.1) is 0 Å². The second kappa shape index (κ2) is 8.24. The number of hydrogen-bond acceptors (Lipinski definition) is 5. The lowest BCUT2D eigenvalue weighted by Crippen LogP contribution is -2.33. The maximum atomic E-state index is 12.5. The Labute approximate surface area is 147 Å². The monoisotopic (exact) mass is 344 g/mol. The summed E-state index contributed by atoms with van der Waals surface area (Å²) in [6.07, 6.45) is 8.39. The zero-order valence-electron chi connectivity index (χ0n) is 14.1. The highest BCUT2D eigenvalue weighted by molar-refractivity contribution is 7.07. The quantitative estimate of drug-likeness (QED) is 0.906. The zero-order valence-corrected chi connectivity index (χ0v) is 14.9. The van der Waals surface area contributed by atoms with Crippen LogP contribution in [0.3, 0.4) is 0 Å². The second-order valence-electron chi connectivity index (χ2n) is 6.33. The minimum absolute atomic E-state index is 0.257. The molecule has 1 aliphatic rings. The number of amides is 1. The molecule has 2 aromatic heterocycles. The Morgan fingerprint density at radius 1 is 1.33 bits per heavy atom. The van der Waals surface area contributed by atoms with Crippen molar-refractivity contribution < 1.29 is 4.79 Å². The third kappa shape index (κ3) is 4.54. The van der Waals surface area contributed by atoms with Gasteiger partial charge in [0.2, 0.25) is 5.91 Å². The number of thiophene rings is 1. The smallest absolute Gasteiger partial charge is 0.227 e. The molecule has 24 heavy (non-hydrogen) atoms. The summed E-state index contributed by atoms with van der Waals surface area (Å²) >= 11 is 1.65. The highest BCUT2D eigenvalue weighted by Gasteiger charge is 2.21. The molecule has 1 aliphatic heterocycles. The number of nitrogens with one attached hydrogen (secondary N) is 1. The molecule has 0 bridgehead atoms. The van der Waals surface area contributed by atoms with E-state index in [1.165, 1.54) is 0 Å². The van der Waals surface area contributed by atoms with Gasteiger partial charge in [-0.2, -0.15) is 11.3 Å². The predicted molar refractivity (Wildman–Crippen MR) is 97.2 cm³/mol. The van der Waals surface area contributed by atoms with Gasteiger partial charge in [-0.3, -0.25) is 9.78 Å². The van der Waals surface area contributed by atoms with Gasteiger partial charge < -0.3 is 10.2 Å². The number of anilines is 1. The van der Waals surface area contributed by atoms with Crippen molar-refractivity contribution in [2.24, 2.45) is 5.92 Å². The van der Waals surface area contributed by atoms with Crippen molar-refractivity contribution in [3.63, 3.8) is 0 Å². The standard InChI is InChI=1S/C18H24N4OS/c1-19-17-12-20-16(11-21-17)9-14-3-2-6-22(7-4-14)18(23)10-15-5-8-24-13-15/h5,8,11-14H,2-4,6-7,9-10H2,1H3,(H,19,21)/t14-/m1/s1. The van der Waals surface area contributed by atoms with Gasteiger partial charge in [0.15, 0.2) is 0 Å². The first-order valence-corrected chi connectivity index (χ1v) is 9.46. The summed E-state index contributed by atoms with van der Waals surface area (Å²) in [7, 11) is 1.84. The molecule has 3 heterocycles. The maximum absolute atomic E-state index is 12.5. The molecule has 0 aliphatic carbocycles. The van der Waals surface area contributed by atoms with Crippen molar-refractivity contribution in [2.75, 3.05) is 25.5 Å². The van der Waals surface area contributed by atoms with Gasteiger partial charge in [0.1, 0.15) is 5.82 Å². The number of carbonyl (C=O) groups excluding carboxylic acids is 1. The van der Waals surface area contributed by atoms with Crippen LogP contribution < -0.4 is 5.32 Å². The normalized spacial score (nSPS) is 18.2.